The molecule has 2 aromatic rings. The number of carbonyl (C=O) groups is 1. The van der Waals surface area contributed by atoms with Gasteiger partial charge in [0.1, 0.15) is 5.75 Å². The summed E-state index contributed by atoms with van der Waals surface area (Å²) in [4.78, 5) is 14.1. The van der Waals surface area contributed by atoms with Crippen molar-refractivity contribution in [2.24, 2.45) is 5.92 Å². The van der Waals surface area contributed by atoms with Crippen LogP contribution < -0.4 is 4.74 Å². The average Bonchev–Trinajstić information content (AvgIpc) is 2.50. The van der Waals surface area contributed by atoms with E-state index < -0.39 is 0 Å². The average molecular weight is 297 g/mol. The van der Waals surface area contributed by atoms with Gasteiger partial charge in [0.2, 0.25) is 5.91 Å². The SMILES string of the molecule is COc1ccc2cccc(CCN(C)C(=O)C3CCC3)c2c1. The summed E-state index contributed by atoms with van der Waals surface area (Å²) in [6, 6.07) is 12.5. The molecule has 0 bridgehead atoms. The molecule has 0 heterocycles. The summed E-state index contributed by atoms with van der Waals surface area (Å²) in [5, 5.41) is 2.43. The zero-order valence-corrected chi connectivity index (χ0v) is 13.3. The molecule has 3 nitrogen and oxygen atoms in total. The number of carbonyl (C=O) groups excluding carboxylic acids is 1. The van der Waals surface area contributed by atoms with E-state index in [4.69, 9.17) is 4.74 Å². The first-order valence-corrected chi connectivity index (χ1v) is 7.99. The number of hydrogen-bond donors (Lipinski definition) is 0. The minimum Gasteiger partial charge on any atom is -0.497 e. The third-order valence-electron chi connectivity index (χ3n) is 4.73. The highest BCUT2D eigenvalue weighted by Crippen LogP contribution is 2.28. The van der Waals surface area contributed by atoms with Gasteiger partial charge >= 0.3 is 0 Å². The van der Waals surface area contributed by atoms with E-state index in [2.05, 4.69) is 30.3 Å². The lowest BCUT2D eigenvalue weighted by Gasteiger charge is -2.29. The molecule has 0 unspecified atom stereocenters. The third-order valence-corrected chi connectivity index (χ3v) is 4.73. The monoisotopic (exact) mass is 297 g/mol. The Bertz CT molecular complexity index is 676. The molecule has 1 fully saturated rings. The van der Waals surface area contributed by atoms with Gasteiger partial charge in [0.25, 0.3) is 0 Å². The molecule has 116 valence electrons. The molecule has 0 saturated heterocycles. The highest BCUT2D eigenvalue weighted by atomic mass is 16.5. The second kappa shape index (κ2) is 6.39. The Morgan fingerprint density at radius 3 is 2.77 bits per heavy atom. The molecule has 0 N–H and O–H groups in total. The van der Waals surface area contributed by atoms with Crippen LogP contribution in [0, 0.1) is 5.92 Å². The molecule has 0 aromatic heterocycles. The molecular weight excluding hydrogens is 274 g/mol. The van der Waals surface area contributed by atoms with E-state index in [-0.39, 0.29) is 5.92 Å². The van der Waals surface area contributed by atoms with Crippen molar-refractivity contribution in [3.63, 3.8) is 0 Å². The predicted octanol–water partition coefficient (Wildman–Crippen LogP) is 3.65. The largest absolute Gasteiger partial charge is 0.497 e. The van der Waals surface area contributed by atoms with Gasteiger partial charge in [-0.15, -0.1) is 0 Å². The first kappa shape index (κ1) is 14.9. The fourth-order valence-electron chi connectivity index (χ4n) is 3.03. The van der Waals surface area contributed by atoms with Crippen LogP contribution in [-0.2, 0) is 11.2 Å². The van der Waals surface area contributed by atoms with Gasteiger partial charge < -0.3 is 9.64 Å². The van der Waals surface area contributed by atoms with Crippen LogP contribution in [0.5, 0.6) is 5.75 Å². The summed E-state index contributed by atoms with van der Waals surface area (Å²) in [6.45, 7) is 0.770. The number of methoxy groups -OCH3 is 1. The van der Waals surface area contributed by atoms with Crippen molar-refractivity contribution in [2.45, 2.75) is 25.7 Å². The molecule has 0 aliphatic heterocycles. The highest BCUT2D eigenvalue weighted by Gasteiger charge is 2.27. The van der Waals surface area contributed by atoms with E-state index in [1.54, 1.807) is 7.11 Å². The summed E-state index contributed by atoms with van der Waals surface area (Å²) in [7, 11) is 3.61. The predicted molar refractivity (Wildman–Crippen MR) is 89.2 cm³/mol. The van der Waals surface area contributed by atoms with E-state index in [1.807, 2.05) is 18.0 Å². The van der Waals surface area contributed by atoms with Gasteiger partial charge in [-0.05, 0) is 47.7 Å². The Labute approximate surface area is 131 Å². The van der Waals surface area contributed by atoms with Crippen LogP contribution in [0.3, 0.4) is 0 Å². The second-order valence-corrected chi connectivity index (χ2v) is 6.14. The number of likely N-dealkylation sites (N-methyl/N-ethyl adjacent to an activating group) is 1. The number of fused-ring (bicyclic) bond motifs is 1. The van der Waals surface area contributed by atoms with E-state index in [0.717, 1.165) is 31.6 Å². The van der Waals surface area contributed by atoms with Gasteiger partial charge in [-0.2, -0.15) is 0 Å². The molecule has 3 rings (SSSR count). The van der Waals surface area contributed by atoms with Crippen LogP contribution in [0.2, 0.25) is 0 Å². The van der Waals surface area contributed by atoms with Crippen molar-refractivity contribution >= 4 is 16.7 Å². The Kier molecular flexibility index (Phi) is 4.32. The normalized spacial score (nSPS) is 14.6. The molecule has 22 heavy (non-hydrogen) atoms. The number of hydrogen-bond acceptors (Lipinski definition) is 2. The number of ether oxygens (including phenoxy) is 1. The van der Waals surface area contributed by atoms with Crippen LogP contribution in [0.25, 0.3) is 10.8 Å². The number of amides is 1. The lowest BCUT2D eigenvalue weighted by Crippen LogP contribution is -2.37. The van der Waals surface area contributed by atoms with Crippen molar-refractivity contribution in [3.05, 3.63) is 42.0 Å². The first-order valence-electron chi connectivity index (χ1n) is 7.99. The van der Waals surface area contributed by atoms with E-state index in [0.29, 0.717) is 5.91 Å². The van der Waals surface area contributed by atoms with Crippen molar-refractivity contribution in [1.82, 2.24) is 4.90 Å². The van der Waals surface area contributed by atoms with Gasteiger partial charge in [0.15, 0.2) is 0 Å². The molecule has 0 radical (unpaired) electrons. The van der Waals surface area contributed by atoms with Crippen LogP contribution in [-0.4, -0.2) is 31.5 Å². The summed E-state index contributed by atoms with van der Waals surface area (Å²) >= 11 is 0. The third kappa shape index (κ3) is 2.94. The second-order valence-electron chi connectivity index (χ2n) is 6.14. The molecule has 1 aliphatic carbocycles. The van der Waals surface area contributed by atoms with Crippen molar-refractivity contribution in [1.29, 1.82) is 0 Å². The Morgan fingerprint density at radius 2 is 2.09 bits per heavy atom. The van der Waals surface area contributed by atoms with Gasteiger partial charge in [0.05, 0.1) is 7.11 Å². The van der Waals surface area contributed by atoms with Crippen molar-refractivity contribution < 1.29 is 9.53 Å². The zero-order valence-electron chi connectivity index (χ0n) is 13.3. The summed E-state index contributed by atoms with van der Waals surface area (Å²) in [5.74, 6) is 1.46. The summed E-state index contributed by atoms with van der Waals surface area (Å²) < 4.78 is 5.33. The highest BCUT2D eigenvalue weighted by molar-refractivity contribution is 5.87. The van der Waals surface area contributed by atoms with E-state index >= 15 is 0 Å². The van der Waals surface area contributed by atoms with Crippen molar-refractivity contribution in [2.75, 3.05) is 20.7 Å². The van der Waals surface area contributed by atoms with Gasteiger partial charge in [0, 0.05) is 19.5 Å². The van der Waals surface area contributed by atoms with Crippen LogP contribution in [0.1, 0.15) is 24.8 Å². The first-order chi connectivity index (χ1) is 10.7. The number of rotatable bonds is 5. The Hall–Kier alpha value is -2.03. The fraction of sp³-hybridized carbons (Fsp3) is 0.421. The molecule has 2 aromatic carbocycles. The standard InChI is InChI=1S/C19H23NO2/c1-20(19(21)16-7-4-8-16)12-11-15-6-3-5-14-9-10-17(22-2)13-18(14)15/h3,5-6,9-10,13,16H,4,7-8,11-12H2,1-2H3. The van der Waals surface area contributed by atoms with Crippen LogP contribution in [0.15, 0.2) is 36.4 Å². The van der Waals surface area contributed by atoms with Gasteiger partial charge in [-0.3, -0.25) is 4.79 Å². The summed E-state index contributed by atoms with van der Waals surface area (Å²) in [6.07, 6.45) is 4.20. The maximum absolute atomic E-state index is 12.2. The number of benzene rings is 2. The van der Waals surface area contributed by atoms with Crippen LogP contribution in [0.4, 0.5) is 0 Å². The molecule has 1 amide bonds. The Morgan fingerprint density at radius 1 is 1.27 bits per heavy atom. The zero-order chi connectivity index (χ0) is 15.5. The maximum Gasteiger partial charge on any atom is 0.225 e. The van der Waals surface area contributed by atoms with Crippen molar-refractivity contribution in [3.8, 4) is 5.75 Å². The van der Waals surface area contributed by atoms with Gasteiger partial charge in [-0.25, -0.2) is 0 Å². The molecule has 0 spiro atoms. The molecular formula is C19H23NO2. The number of nitrogens with zero attached hydrogens (tertiary/aromatic N) is 1. The minimum absolute atomic E-state index is 0.276. The molecule has 3 heteroatoms. The minimum atomic E-state index is 0.276. The quantitative estimate of drug-likeness (QED) is 0.843. The van der Waals surface area contributed by atoms with Gasteiger partial charge in [-0.1, -0.05) is 30.7 Å². The smallest absolute Gasteiger partial charge is 0.225 e. The topological polar surface area (TPSA) is 29.5 Å². The van der Waals surface area contributed by atoms with E-state index in [9.17, 15) is 4.79 Å². The maximum atomic E-state index is 12.2. The lowest BCUT2D eigenvalue weighted by molar-refractivity contribution is -0.136. The summed E-state index contributed by atoms with van der Waals surface area (Å²) in [5.41, 5.74) is 1.27. The van der Waals surface area contributed by atoms with Crippen LogP contribution >= 0.6 is 0 Å². The molecule has 0 atom stereocenters. The molecule has 1 aliphatic rings. The molecule has 1 saturated carbocycles. The van der Waals surface area contributed by atoms with E-state index in [1.165, 1.54) is 22.8 Å². The fourth-order valence-corrected chi connectivity index (χ4v) is 3.03. The Balaban J connectivity index is 1.74. The lowest BCUT2D eigenvalue weighted by atomic mass is 9.84.